The lowest BCUT2D eigenvalue weighted by Gasteiger charge is -2.38. The highest BCUT2D eigenvalue weighted by Gasteiger charge is 2.32. The second kappa shape index (κ2) is 7.24. The lowest BCUT2D eigenvalue weighted by molar-refractivity contribution is -0.150. The van der Waals surface area contributed by atoms with Crippen LogP contribution in [0.4, 0.5) is 0 Å². The van der Waals surface area contributed by atoms with Crippen LogP contribution in [0.3, 0.4) is 0 Å². The number of aryl methyl sites for hydroxylation is 1. The highest BCUT2D eigenvalue weighted by molar-refractivity contribution is 5.88. The van der Waals surface area contributed by atoms with Gasteiger partial charge in [0.15, 0.2) is 6.10 Å². The first-order valence-corrected chi connectivity index (χ1v) is 8.52. The van der Waals surface area contributed by atoms with E-state index in [1.54, 1.807) is 23.8 Å². The van der Waals surface area contributed by atoms with Gasteiger partial charge < -0.3 is 14.5 Å². The van der Waals surface area contributed by atoms with Gasteiger partial charge in [0, 0.05) is 19.6 Å². The van der Waals surface area contributed by atoms with Gasteiger partial charge in [0.05, 0.1) is 6.54 Å². The lowest BCUT2D eigenvalue weighted by Crippen LogP contribution is -2.57. The van der Waals surface area contributed by atoms with Gasteiger partial charge in [-0.15, -0.1) is 0 Å². The number of nitrogens with zero attached hydrogens (tertiary/aromatic N) is 2. The topological polar surface area (TPSA) is 49.9 Å². The van der Waals surface area contributed by atoms with E-state index in [2.05, 4.69) is 19.9 Å². The number of piperazine rings is 1. The van der Waals surface area contributed by atoms with Gasteiger partial charge in [-0.3, -0.25) is 9.59 Å². The third-order valence-corrected chi connectivity index (χ3v) is 4.62. The Morgan fingerprint density at radius 2 is 1.96 bits per heavy atom. The van der Waals surface area contributed by atoms with E-state index in [0.717, 1.165) is 16.9 Å². The number of amides is 2. The molecule has 0 radical (unpaired) electrons. The molecule has 1 aromatic rings. The third-order valence-electron chi connectivity index (χ3n) is 4.62. The van der Waals surface area contributed by atoms with Gasteiger partial charge >= 0.3 is 0 Å². The maximum absolute atomic E-state index is 12.7. The van der Waals surface area contributed by atoms with Gasteiger partial charge in [-0.05, 0) is 43.9 Å². The number of hydrogen-bond acceptors (Lipinski definition) is 3. The Labute approximate surface area is 144 Å². The van der Waals surface area contributed by atoms with Crippen molar-refractivity contribution in [2.24, 2.45) is 0 Å². The zero-order chi connectivity index (χ0) is 18.0. The number of hydrogen-bond donors (Lipinski definition) is 0. The molecule has 132 valence electrons. The average Bonchev–Trinajstić information content (AvgIpc) is 2.51. The van der Waals surface area contributed by atoms with E-state index in [4.69, 9.17) is 4.74 Å². The van der Waals surface area contributed by atoms with Crippen LogP contribution in [-0.2, 0) is 9.59 Å². The molecule has 0 unspecified atom stereocenters. The van der Waals surface area contributed by atoms with Crippen molar-refractivity contribution in [1.29, 1.82) is 0 Å². The Bertz CT molecular complexity index is 627. The molecule has 1 heterocycles. The van der Waals surface area contributed by atoms with Crippen LogP contribution in [0.5, 0.6) is 5.75 Å². The van der Waals surface area contributed by atoms with Crippen LogP contribution < -0.4 is 4.74 Å². The molecule has 5 heteroatoms. The average molecular weight is 332 g/mol. The highest BCUT2D eigenvalue weighted by Crippen LogP contribution is 2.28. The molecular weight excluding hydrogens is 304 g/mol. The number of benzene rings is 1. The Morgan fingerprint density at radius 1 is 1.29 bits per heavy atom. The fraction of sp³-hybridized carbons (Fsp3) is 0.579. The molecule has 0 aliphatic carbocycles. The zero-order valence-corrected chi connectivity index (χ0v) is 15.5. The molecule has 0 N–H and O–H groups in total. The van der Waals surface area contributed by atoms with E-state index in [-0.39, 0.29) is 24.4 Å². The summed E-state index contributed by atoms with van der Waals surface area (Å²) in [6, 6.07) is 6.09. The molecule has 1 fully saturated rings. The summed E-state index contributed by atoms with van der Waals surface area (Å²) in [5.41, 5.74) is 2.18. The van der Waals surface area contributed by atoms with Crippen LogP contribution in [0.2, 0.25) is 0 Å². The Morgan fingerprint density at radius 3 is 2.54 bits per heavy atom. The van der Waals surface area contributed by atoms with Gasteiger partial charge in [-0.2, -0.15) is 0 Å². The van der Waals surface area contributed by atoms with Crippen molar-refractivity contribution in [3.8, 4) is 5.75 Å². The molecule has 0 aromatic heterocycles. The number of carbonyl (C=O) groups is 2. The third kappa shape index (κ3) is 3.89. The van der Waals surface area contributed by atoms with E-state index in [1.807, 2.05) is 26.0 Å². The first-order chi connectivity index (χ1) is 11.2. The minimum Gasteiger partial charge on any atom is -0.481 e. The maximum Gasteiger partial charge on any atom is 0.263 e. The van der Waals surface area contributed by atoms with E-state index in [1.165, 1.54) is 0 Å². The summed E-state index contributed by atoms with van der Waals surface area (Å²) in [7, 11) is 1.77. The second-order valence-corrected chi connectivity index (χ2v) is 7.03. The van der Waals surface area contributed by atoms with Gasteiger partial charge in [-0.25, -0.2) is 0 Å². The molecular formula is C19H28N2O3. The molecule has 1 aliphatic heterocycles. The minimum absolute atomic E-state index is 0.0209. The molecule has 5 nitrogen and oxygen atoms in total. The smallest absolute Gasteiger partial charge is 0.263 e. The van der Waals surface area contributed by atoms with Crippen molar-refractivity contribution in [1.82, 2.24) is 9.80 Å². The van der Waals surface area contributed by atoms with Crippen LogP contribution in [0, 0.1) is 6.92 Å². The fourth-order valence-corrected chi connectivity index (χ4v) is 2.91. The van der Waals surface area contributed by atoms with Crippen LogP contribution in [0.25, 0.3) is 0 Å². The summed E-state index contributed by atoms with van der Waals surface area (Å²) >= 11 is 0. The standard InChI is InChI=1S/C19H28N2O3/c1-12(2)16-8-7-13(3)9-17(16)24-15(5)19(23)21-10-14(4)20(6)18(22)11-21/h7-9,12,14-15H,10-11H2,1-6H3/t14-,15-/m0/s1. The number of carbonyl (C=O) groups excluding carboxylic acids is 2. The van der Waals surface area contributed by atoms with Gasteiger partial charge in [0.25, 0.3) is 5.91 Å². The van der Waals surface area contributed by atoms with E-state index in [0.29, 0.717) is 12.5 Å². The summed E-state index contributed by atoms with van der Waals surface area (Å²) in [5, 5.41) is 0. The van der Waals surface area contributed by atoms with Gasteiger partial charge in [-0.1, -0.05) is 26.0 Å². The first kappa shape index (κ1) is 18.3. The van der Waals surface area contributed by atoms with Crippen LogP contribution in [0.1, 0.15) is 44.7 Å². The largest absolute Gasteiger partial charge is 0.481 e. The summed E-state index contributed by atoms with van der Waals surface area (Å²) in [4.78, 5) is 28.0. The Hall–Kier alpha value is -2.04. The molecule has 2 rings (SSSR count). The van der Waals surface area contributed by atoms with Gasteiger partial charge in [0.2, 0.25) is 5.91 Å². The normalized spacial score (nSPS) is 19.6. The summed E-state index contributed by atoms with van der Waals surface area (Å²) < 4.78 is 5.98. The van der Waals surface area contributed by atoms with E-state index in [9.17, 15) is 9.59 Å². The molecule has 0 saturated carbocycles. The fourth-order valence-electron chi connectivity index (χ4n) is 2.91. The van der Waals surface area contributed by atoms with Crippen LogP contribution >= 0.6 is 0 Å². The van der Waals surface area contributed by atoms with Crippen LogP contribution in [-0.4, -0.2) is 53.9 Å². The van der Waals surface area contributed by atoms with Crippen molar-refractivity contribution < 1.29 is 14.3 Å². The number of likely N-dealkylation sites (N-methyl/N-ethyl adjacent to an activating group) is 1. The molecule has 2 atom stereocenters. The van der Waals surface area contributed by atoms with E-state index >= 15 is 0 Å². The predicted octanol–water partition coefficient (Wildman–Crippen LogP) is 2.57. The van der Waals surface area contributed by atoms with Crippen molar-refractivity contribution in [3.63, 3.8) is 0 Å². The van der Waals surface area contributed by atoms with Crippen molar-refractivity contribution in [2.75, 3.05) is 20.1 Å². The quantitative estimate of drug-likeness (QED) is 0.851. The SMILES string of the molecule is Cc1ccc(C(C)C)c(O[C@@H](C)C(=O)N2CC(=O)N(C)[C@@H](C)C2)c1. The predicted molar refractivity (Wildman–Crippen MR) is 94.2 cm³/mol. The summed E-state index contributed by atoms with van der Waals surface area (Å²) in [5.74, 6) is 0.889. The molecule has 24 heavy (non-hydrogen) atoms. The van der Waals surface area contributed by atoms with Crippen LogP contribution in [0.15, 0.2) is 18.2 Å². The zero-order valence-electron chi connectivity index (χ0n) is 15.5. The Kier molecular flexibility index (Phi) is 5.52. The first-order valence-electron chi connectivity index (χ1n) is 8.52. The molecule has 1 saturated heterocycles. The Balaban J connectivity index is 2.12. The van der Waals surface area contributed by atoms with Gasteiger partial charge in [0.1, 0.15) is 5.75 Å². The number of rotatable bonds is 4. The molecule has 1 aliphatic rings. The molecule has 1 aromatic carbocycles. The monoisotopic (exact) mass is 332 g/mol. The maximum atomic E-state index is 12.7. The van der Waals surface area contributed by atoms with Crippen molar-refractivity contribution >= 4 is 11.8 Å². The van der Waals surface area contributed by atoms with Crippen molar-refractivity contribution in [2.45, 2.75) is 52.7 Å². The summed E-state index contributed by atoms with van der Waals surface area (Å²) in [6.45, 7) is 10.6. The molecule has 2 amide bonds. The highest BCUT2D eigenvalue weighted by atomic mass is 16.5. The second-order valence-electron chi connectivity index (χ2n) is 7.03. The van der Waals surface area contributed by atoms with E-state index < -0.39 is 6.10 Å². The summed E-state index contributed by atoms with van der Waals surface area (Å²) in [6.07, 6.45) is -0.618. The lowest BCUT2D eigenvalue weighted by atomic mass is 10.0. The minimum atomic E-state index is -0.618. The van der Waals surface area contributed by atoms with Crippen molar-refractivity contribution in [3.05, 3.63) is 29.3 Å². The molecule has 0 bridgehead atoms. The number of ether oxygens (including phenoxy) is 1. The molecule has 0 spiro atoms.